The zero-order valence-corrected chi connectivity index (χ0v) is 10.5. The Morgan fingerprint density at radius 3 is 2.95 bits per heavy atom. The lowest BCUT2D eigenvalue weighted by Gasteiger charge is -2.26. The summed E-state index contributed by atoms with van der Waals surface area (Å²) in [5, 5.41) is 1.06. The maximum atomic E-state index is 12.5. The molecule has 96 valence electrons. The van der Waals surface area contributed by atoms with Crippen LogP contribution >= 0.6 is 0 Å². The highest BCUT2D eigenvalue weighted by molar-refractivity contribution is 5.95. The molecule has 19 heavy (non-hydrogen) atoms. The molecular weight excluding hydrogens is 240 g/mol. The third-order valence-corrected chi connectivity index (χ3v) is 3.98. The van der Waals surface area contributed by atoms with Gasteiger partial charge in [0.05, 0.1) is 24.3 Å². The Labute approximate surface area is 111 Å². The number of hydrogen-bond acceptors (Lipinski definition) is 3. The van der Waals surface area contributed by atoms with Crippen LogP contribution in [0.25, 0.3) is 10.9 Å². The van der Waals surface area contributed by atoms with E-state index in [2.05, 4.69) is 4.98 Å². The van der Waals surface area contributed by atoms with Gasteiger partial charge in [-0.15, -0.1) is 0 Å². The minimum atomic E-state index is 0.0292. The van der Waals surface area contributed by atoms with E-state index < -0.39 is 0 Å². The Bertz CT molecular complexity index is 655. The SMILES string of the molecule is O=C(c1ccc2ccccc2n1)N1C[C@H]2C[C@H]1CO2. The number of fused-ring (bicyclic) bond motifs is 3. The average Bonchev–Trinajstić information content (AvgIpc) is 3.08. The summed E-state index contributed by atoms with van der Waals surface area (Å²) in [7, 11) is 0. The van der Waals surface area contributed by atoms with Gasteiger partial charge in [-0.1, -0.05) is 24.3 Å². The third kappa shape index (κ3) is 1.71. The number of aromatic nitrogens is 1. The summed E-state index contributed by atoms with van der Waals surface area (Å²) in [6, 6.07) is 11.9. The van der Waals surface area contributed by atoms with Gasteiger partial charge in [-0.25, -0.2) is 4.98 Å². The quantitative estimate of drug-likeness (QED) is 0.780. The number of benzene rings is 1. The van der Waals surface area contributed by atoms with Gasteiger partial charge in [-0.2, -0.15) is 0 Å². The molecule has 2 aromatic rings. The molecule has 2 bridgehead atoms. The third-order valence-electron chi connectivity index (χ3n) is 3.98. The van der Waals surface area contributed by atoms with Crippen LogP contribution in [0, 0.1) is 0 Å². The molecule has 0 aliphatic carbocycles. The molecule has 0 unspecified atom stereocenters. The number of carbonyl (C=O) groups is 1. The molecule has 3 heterocycles. The van der Waals surface area contributed by atoms with Crippen LogP contribution in [0.4, 0.5) is 0 Å². The Kier molecular flexibility index (Phi) is 2.32. The first-order chi connectivity index (χ1) is 9.31. The van der Waals surface area contributed by atoms with Gasteiger partial charge in [0.1, 0.15) is 5.69 Å². The van der Waals surface area contributed by atoms with E-state index in [1.807, 2.05) is 41.3 Å². The summed E-state index contributed by atoms with van der Waals surface area (Å²) in [6.45, 7) is 1.38. The van der Waals surface area contributed by atoms with Crippen molar-refractivity contribution in [3.8, 4) is 0 Å². The van der Waals surface area contributed by atoms with Crippen molar-refractivity contribution in [1.29, 1.82) is 0 Å². The van der Waals surface area contributed by atoms with E-state index in [4.69, 9.17) is 4.74 Å². The van der Waals surface area contributed by atoms with Crippen LogP contribution in [-0.4, -0.2) is 41.1 Å². The molecule has 0 radical (unpaired) electrons. The van der Waals surface area contributed by atoms with Crippen LogP contribution in [0.5, 0.6) is 0 Å². The minimum Gasteiger partial charge on any atom is -0.374 e. The van der Waals surface area contributed by atoms with Gasteiger partial charge in [0.25, 0.3) is 5.91 Å². The second kappa shape index (κ2) is 4.03. The van der Waals surface area contributed by atoms with E-state index in [0.29, 0.717) is 18.8 Å². The minimum absolute atomic E-state index is 0.0292. The second-order valence-electron chi connectivity index (χ2n) is 5.19. The van der Waals surface area contributed by atoms with Crippen LogP contribution in [-0.2, 0) is 4.74 Å². The standard InChI is InChI=1S/C15H14N2O2/c18-15(17-8-12-7-11(17)9-19-12)14-6-5-10-3-1-2-4-13(10)16-14/h1-6,11-12H,7-9H2/t11-,12+/m0/s1. The molecule has 2 atom stereocenters. The molecule has 4 heteroatoms. The van der Waals surface area contributed by atoms with Gasteiger partial charge in [0, 0.05) is 11.9 Å². The maximum Gasteiger partial charge on any atom is 0.272 e. The zero-order valence-electron chi connectivity index (χ0n) is 10.5. The summed E-state index contributed by atoms with van der Waals surface area (Å²) < 4.78 is 5.52. The van der Waals surface area contributed by atoms with Crippen molar-refractivity contribution in [2.75, 3.05) is 13.2 Å². The number of likely N-dealkylation sites (tertiary alicyclic amines) is 1. The molecule has 1 amide bonds. The molecule has 2 aliphatic heterocycles. The number of rotatable bonds is 1. The predicted molar refractivity (Wildman–Crippen MR) is 70.9 cm³/mol. The van der Waals surface area contributed by atoms with Crippen molar-refractivity contribution in [2.24, 2.45) is 0 Å². The Morgan fingerprint density at radius 1 is 1.26 bits per heavy atom. The molecule has 1 aromatic carbocycles. The number of hydrogen-bond donors (Lipinski definition) is 0. The monoisotopic (exact) mass is 254 g/mol. The van der Waals surface area contributed by atoms with Gasteiger partial charge in [-0.3, -0.25) is 4.79 Å². The van der Waals surface area contributed by atoms with Crippen molar-refractivity contribution >= 4 is 16.8 Å². The maximum absolute atomic E-state index is 12.5. The summed E-state index contributed by atoms with van der Waals surface area (Å²) >= 11 is 0. The van der Waals surface area contributed by atoms with Crippen molar-refractivity contribution in [3.05, 3.63) is 42.1 Å². The molecule has 2 fully saturated rings. The highest BCUT2D eigenvalue weighted by Gasteiger charge is 2.41. The lowest BCUT2D eigenvalue weighted by atomic mass is 10.2. The molecule has 0 saturated carbocycles. The first kappa shape index (κ1) is 10.9. The lowest BCUT2D eigenvalue weighted by molar-refractivity contribution is 0.0256. The highest BCUT2D eigenvalue weighted by Crippen LogP contribution is 2.29. The molecule has 0 spiro atoms. The fourth-order valence-electron chi connectivity index (χ4n) is 2.98. The van der Waals surface area contributed by atoms with Crippen molar-refractivity contribution in [3.63, 3.8) is 0 Å². The normalized spacial score (nSPS) is 25.2. The topological polar surface area (TPSA) is 42.4 Å². The van der Waals surface area contributed by atoms with Crippen LogP contribution in [0.3, 0.4) is 0 Å². The van der Waals surface area contributed by atoms with Gasteiger partial charge in [-0.05, 0) is 18.6 Å². The molecule has 2 saturated heterocycles. The molecular formula is C15H14N2O2. The number of para-hydroxylation sites is 1. The van der Waals surface area contributed by atoms with Crippen molar-refractivity contribution in [1.82, 2.24) is 9.88 Å². The molecule has 4 nitrogen and oxygen atoms in total. The fraction of sp³-hybridized carbons (Fsp3) is 0.333. The van der Waals surface area contributed by atoms with E-state index in [0.717, 1.165) is 17.3 Å². The molecule has 2 aliphatic rings. The van der Waals surface area contributed by atoms with Crippen LogP contribution in [0.2, 0.25) is 0 Å². The smallest absolute Gasteiger partial charge is 0.272 e. The van der Waals surface area contributed by atoms with Gasteiger partial charge in [0.15, 0.2) is 0 Å². The number of ether oxygens (including phenoxy) is 1. The Hall–Kier alpha value is -1.94. The highest BCUT2D eigenvalue weighted by atomic mass is 16.5. The average molecular weight is 254 g/mol. The van der Waals surface area contributed by atoms with E-state index >= 15 is 0 Å². The summed E-state index contributed by atoms with van der Waals surface area (Å²) in [4.78, 5) is 18.9. The van der Waals surface area contributed by atoms with Crippen LogP contribution in [0.1, 0.15) is 16.9 Å². The first-order valence-corrected chi connectivity index (χ1v) is 6.59. The van der Waals surface area contributed by atoms with E-state index in [-0.39, 0.29) is 18.1 Å². The fourth-order valence-corrected chi connectivity index (χ4v) is 2.98. The predicted octanol–water partition coefficient (Wildman–Crippen LogP) is 1.85. The summed E-state index contributed by atoms with van der Waals surface area (Å²) in [5.74, 6) is 0.0292. The lowest BCUT2D eigenvalue weighted by Crippen LogP contribution is -2.41. The van der Waals surface area contributed by atoms with E-state index in [9.17, 15) is 4.79 Å². The van der Waals surface area contributed by atoms with E-state index in [1.54, 1.807) is 0 Å². The second-order valence-corrected chi connectivity index (χ2v) is 5.19. The van der Waals surface area contributed by atoms with Crippen LogP contribution < -0.4 is 0 Å². The molecule has 1 aromatic heterocycles. The van der Waals surface area contributed by atoms with E-state index in [1.165, 1.54) is 0 Å². The Balaban J connectivity index is 1.68. The van der Waals surface area contributed by atoms with Crippen molar-refractivity contribution in [2.45, 2.75) is 18.6 Å². The molecule has 4 rings (SSSR count). The molecule has 0 N–H and O–H groups in total. The summed E-state index contributed by atoms with van der Waals surface area (Å²) in [5.41, 5.74) is 1.40. The number of carbonyl (C=O) groups excluding carboxylic acids is 1. The summed E-state index contributed by atoms with van der Waals surface area (Å²) in [6.07, 6.45) is 1.20. The van der Waals surface area contributed by atoms with Gasteiger partial charge in [0.2, 0.25) is 0 Å². The first-order valence-electron chi connectivity index (χ1n) is 6.59. The zero-order chi connectivity index (χ0) is 12.8. The van der Waals surface area contributed by atoms with Crippen molar-refractivity contribution < 1.29 is 9.53 Å². The number of morpholine rings is 1. The Morgan fingerprint density at radius 2 is 2.16 bits per heavy atom. The number of pyridine rings is 1. The number of amides is 1. The van der Waals surface area contributed by atoms with Gasteiger partial charge >= 0.3 is 0 Å². The van der Waals surface area contributed by atoms with Gasteiger partial charge < -0.3 is 9.64 Å². The largest absolute Gasteiger partial charge is 0.374 e. The van der Waals surface area contributed by atoms with Crippen LogP contribution in [0.15, 0.2) is 36.4 Å². The number of nitrogens with zero attached hydrogens (tertiary/aromatic N) is 2.